The second-order valence-electron chi connectivity index (χ2n) is 8.98. The van der Waals surface area contributed by atoms with Crippen molar-refractivity contribution in [2.45, 2.75) is 37.9 Å². The van der Waals surface area contributed by atoms with E-state index in [0.717, 1.165) is 43.0 Å². The molecule has 1 unspecified atom stereocenters. The van der Waals surface area contributed by atoms with E-state index < -0.39 is 11.6 Å². The molecule has 0 spiro atoms. The Labute approximate surface area is 208 Å². The summed E-state index contributed by atoms with van der Waals surface area (Å²) in [6, 6.07) is 11.2. The lowest BCUT2D eigenvalue weighted by atomic mass is 10.1. The van der Waals surface area contributed by atoms with E-state index in [-0.39, 0.29) is 23.8 Å². The number of nitrogens with zero attached hydrogens (tertiary/aromatic N) is 4. The molecule has 0 radical (unpaired) electrons. The van der Waals surface area contributed by atoms with Gasteiger partial charge in [0.15, 0.2) is 5.82 Å². The highest BCUT2D eigenvalue weighted by Gasteiger charge is 2.31. The van der Waals surface area contributed by atoms with Gasteiger partial charge < -0.3 is 20.9 Å². The molecule has 1 fully saturated rings. The van der Waals surface area contributed by atoms with E-state index >= 15 is 0 Å². The lowest BCUT2D eigenvalue weighted by Gasteiger charge is -2.28. The standard InChI is InChI=1S/C25H29F2N7S/c1-15(2)34-16(3)30-24-20(26)12-17(13-22(24)34)23-21(27)14-29-25(32-23)31-18-4-6-19(7-5-18)35-33-10-8-28-9-11-33/h4-7,12-16,28,30H,8-11H2,1-3H3,(H,29,31,32). The number of hydrogen-bond donors (Lipinski definition) is 3. The summed E-state index contributed by atoms with van der Waals surface area (Å²) < 4.78 is 32.1. The smallest absolute Gasteiger partial charge is 0.227 e. The highest BCUT2D eigenvalue weighted by molar-refractivity contribution is 7.97. The fraction of sp³-hybridized carbons (Fsp3) is 0.360. The van der Waals surface area contributed by atoms with Gasteiger partial charge in [0.25, 0.3) is 0 Å². The first kappa shape index (κ1) is 23.8. The van der Waals surface area contributed by atoms with Gasteiger partial charge in [0.2, 0.25) is 5.95 Å². The number of hydrogen-bond acceptors (Lipinski definition) is 8. The van der Waals surface area contributed by atoms with Crippen molar-refractivity contribution in [2.75, 3.05) is 41.7 Å². The van der Waals surface area contributed by atoms with Crippen molar-refractivity contribution >= 4 is 35.0 Å². The molecule has 1 aromatic heterocycles. The highest BCUT2D eigenvalue weighted by atomic mass is 32.2. The summed E-state index contributed by atoms with van der Waals surface area (Å²) in [5.74, 6) is -0.789. The van der Waals surface area contributed by atoms with Crippen molar-refractivity contribution in [3.63, 3.8) is 0 Å². The third-order valence-electron chi connectivity index (χ3n) is 6.11. The number of anilines is 4. The van der Waals surface area contributed by atoms with Crippen LogP contribution in [0.15, 0.2) is 47.5 Å². The van der Waals surface area contributed by atoms with Gasteiger partial charge in [-0.15, -0.1) is 0 Å². The molecule has 0 aliphatic carbocycles. The molecule has 3 N–H and O–H groups in total. The maximum Gasteiger partial charge on any atom is 0.227 e. The fourth-order valence-electron chi connectivity index (χ4n) is 4.53. The quantitative estimate of drug-likeness (QED) is 0.408. The van der Waals surface area contributed by atoms with Crippen LogP contribution < -0.4 is 20.9 Å². The molecule has 0 amide bonds. The number of aromatic nitrogens is 2. The molecule has 35 heavy (non-hydrogen) atoms. The molecule has 3 aromatic rings. The Morgan fingerprint density at radius 2 is 1.83 bits per heavy atom. The minimum absolute atomic E-state index is 0.0540. The molecule has 7 nitrogen and oxygen atoms in total. The van der Waals surface area contributed by atoms with E-state index in [2.05, 4.69) is 35.1 Å². The van der Waals surface area contributed by atoms with Crippen molar-refractivity contribution < 1.29 is 8.78 Å². The van der Waals surface area contributed by atoms with E-state index in [1.165, 1.54) is 6.07 Å². The first-order chi connectivity index (χ1) is 16.9. The van der Waals surface area contributed by atoms with Crippen molar-refractivity contribution in [2.24, 2.45) is 0 Å². The van der Waals surface area contributed by atoms with Gasteiger partial charge in [-0.3, -0.25) is 0 Å². The maximum absolute atomic E-state index is 15.0. The molecule has 2 aliphatic heterocycles. The summed E-state index contributed by atoms with van der Waals surface area (Å²) >= 11 is 1.73. The molecule has 1 saturated heterocycles. The van der Waals surface area contributed by atoms with Crippen LogP contribution in [0.2, 0.25) is 0 Å². The molecule has 10 heteroatoms. The number of piperazine rings is 1. The molecule has 0 bridgehead atoms. The van der Waals surface area contributed by atoms with Gasteiger partial charge in [-0.2, -0.15) is 0 Å². The van der Waals surface area contributed by atoms with Gasteiger partial charge in [-0.1, -0.05) is 0 Å². The number of fused-ring (bicyclic) bond motifs is 1. The van der Waals surface area contributed by atoms with Gasteiger partial charge in [-0.05, 0) is 69.1 Å². The summed E-state index contributed by atoms with van der Waals surface area (Å²) in [5, 5.41) is 9.65. The molecule has 184 valence electrons. The monoisotopic (exact) mass is 497 g/mol. The van der Waals surface area contributed by atoms with E-state index in [4.69, 9.17) is 0 Å². The third-order valence-corrected chi connectivity index (χ3v) is 7.22. The Hall–Kier alpha value is -2.95. The van der Waals surface area contributed by atoms with Crippen molar-refractivity contribution in [1.82, 2.24) is 19.6 Å². The van der Waals surface area contributed by atoms with Gasteiger partial charge in [-0.25, -0.2) is 23.1 Å². The van der Waals surface area contributed by atoms with E-state index in [1.807, 2.05) is 45.0 Å². The lowest BCUT2D eigenvalue weighted by Crippen LogP contribution is -2.39. The summed E-state index contributed by atoms with van der Waals surface area (Å²) in [4.78, 5) is 11.7. The van der Waals surface area contributed by atoms with Gasteiger partial charge in [0.1, 0.15) is 11.5 Å². The Bertz CT molecular complexity index is 1200. The number of halogens is 2. The molecule has 1 atom stereocenters. The number of rotatable bonds is 6. The van der Waals surface area contributed by atoms with Gasteiger partial charge in [0, 0.05) is 48.4 Å². The Morgan fingerprint density at radius 1 is 1.09 bits per heavy atom. The Balaban J connectivity index is 1.37. The van der Waals surface area contributed by atoms with Crippen LogP contribution >= 0.6 is 11.9 Å². The molecule has 2 aromatic carbocycles. The Kier molecular flexibility index (Phi) is 6.77. The summed E-state index contributed by atoms with van der Waals surface area (Å²) in [7, 11) is 0. The third kappa shape index (κ3) is 5.05. The second-order valence-corrected chi connectivity index (χ2v) is 10.2. The topological polar surface area (TPSA) is 68.4 Å². The van der Waals surface area contributed by atoms with E-state index in [9.17, 15) is 8.78 Å². The normalized spacial score (nSPS) is 18.0. The maximum atomic E-state index is 15.0. The van der Waals surface area contributed by atoms with Crippen LogP contribution in [0.1, 0.15) is 20.8 Å². The van der Waals surface area contributed by atoms with Crippen LogP contribution in [0.3, 0.4) is 0 Å². The van der Waals surface area contributed by atoms with Gasteiger partial charge in [0.05, 0.1) is 23.7 Å². The van der Waals surface area contributed by atoms with E-state index in [0.29, 0.717) is 16.9 Å². The molecule has 0 saturated carbocycles. The van der Waals surface area contributed by atoms with Crippen molar-refractivity contribution in [1.29, 1.82) is 0 Å². The number of benzene rings is 2. The second kappa shape index (κ2) is 9.96. The predicted octanol–water partition coefficient (Wildman–Crippen LogP) is 5.06. The van der Waals surface area contributed by atoms with Crippen molar-refractivity contribution in [3.8, 4) is 11.3 Å². The first-order valence-corrected chi connectivity index (χ1v) is 12.6. The van der Waals surface area contributed by atoms with E-state index in [1.54, 1.807) is 18.0 Å². The number of nitrogens with one attached hydrogen (secondary N) is 3. The van der Waals surface area contributed by atoms with Crippen LogP contribution in [0.4, 0.5) is 31.8 Å². The molecular weight excluding hydrogens is 468 g/mol. The lowest BCUT2D eigenvalue weighted by molar-refractivity contribution is 0.396. The molecule has 2 aliphatic rings. The van der Waals surface area contributed by atoms with Gasteiger partial charge >= 0.3 is 0 Å². The van der Waals surface area contributed by atoms with Crippen LogP contribution in [-0.4, -0.2) is 52.7 Å². The molecule has 5 rings (SSSR count). The zero-order valence-electron chi connectivity index (χ0n) is 20.0. The summed E-state index contributed by atoms with van der Waals surface area (Å²) in [6.45, 7) is 10.1. The Morgan fingerprint density at radius 3 is 2.54 bits per heavy atom. The largest absolute Gasteiger partial charge is 0.361 e. The highest BCUT2D eigenvalue weighted by Crippen LogP contribution is 2.41. The van der Waals surface area contributed by atoms with Crippen LogP contribution in [0.25, 0.3) is 11.3 Å². The summed E-state index contributed by atoms with van der Waals surface area (Å²) in [6.07, 6.45) is 1.06. The van der Waals surface area contributed by atoms with Crippen LogP contribution in [0, 0.1) is 11.6 Å². The van der Waals surface area contributed by atoms with Crippen LogP contribution in [-0.2, 0) is 0 Å². The zero-order chi connectivity index (χ0) is 24.5. The predicted molar refractivity (Wildman–Crippen MR) is 138 cm³/mol. The van der Waals surface area contributed by atoms with Crippen LogP contribution in [0.5, 0.6) is 0 Å². The average molecular weight is 498 g/mol. The molecular formula is C25H29F2N7S. The molecule has 3 heterocycles. The fourth-order valence-corrected chi connectivity index (χ4v) is 5.45. The summed E-state index contributed by atoms with van der Waals surface area (Å²) in [5.41, 5.74) is 2.34. The SMILES string of the molecule is CC(C)N1c2cc(-c3nc(Nc4ccc(SN5CCNCC5)cc4)ncc3F)cc(F)c2NC1C. The minimum Gasteiger partial charge on any atom is -0.361 e. The minimum atomic E-state index is -0.604. The first-order valence-electron chi connectivity index (χ1n) is 11.8. The zero-order valence-corrected chi connectivity index (χ0v) is 20.8. The average Bonchev–Trinajstić information content (AvgIpc) is 3.19. The van der Waals surface area contributed by atoms with Crippen molar-refractivity contribution in [3.05, 3.63) is 54.2 Å².